The number of aromatic nitrogens is 2. The zero-order chi connectivity index (χ0) is 18.7. The first-order valence-corrected chi connectivity index (χ1v) is 7.67. The van der Waals surface area contributed by atoms with Crippen molar-refractivity contribution in [3.8, 4) is 17.7 Å². The molecule has 3 rings (SSSR count). The number of aryl methyl sites for hydroxylation is 1. The zero-order valence-electron chi connectivity index (χ0n) is 13.8. The second kappa shape index (κ2) is 6.91. The number of rotatable bonds is 4. The molecule has 0 spiro atoms. The fourth-order valence-corrected chi connectivity index (χ4v) is 2.38. The van der Waals surface area contributed by atoms with Crippen LogP contribution in [0, 0.1) is 18.3 Å². The Morgan fingerprint density at radius 3 is 2.81 bits per heavy atom. The minimum atomic E-state index is -0.938. The van der Waals surface area contributed by atoms with Gasteiger partial charge in [-0.2, -0.15) is 10.2 Å². The molecule has 0 atom stereocenters. The van der Waals surface area contributed by atoms with E-state index in [1.807, 2.05) is 13.0 Å². The molecule has 3 aromatic rings. The second-order valence-electron chi connectivity index (χ2n) is 5.52. The summed E-state index contributed by atoms with van der Waals surface area (Å²) in [4.78, 5) is 28.5. The largest absolute Gasteiger partial charge is 0.438 e. The molecule has 0 radical (unpaired) electrons. The molecule has 0 fully saturated rings. The Balaban J connectivity index is 2.26. The molecule has 2 N–H and O–H groups in total. The van der Waals surface area contributed by atoms with E-state index in [2.05, 4.69) is 4.98 Å². The van der Waals surface area contributed by atoms with E-state index in [1.54, 1.807) is 42.5 Å². The van der Waals surface area contributed by atoms with E-state index in [9.17, 15) is 9.59 Å². The Hall–Kier alpha value is -3.92. The molecule has 0 aliphatic carbocycles. The second-order valence-corrected chi connectivity index (χ2v) is 5.52. The van der Waals surface area contributed by atoms with E-state index < -0.39 is 11.5 Å². The third kappa shape index (κ3) is 3.30. The summed E-state index contributed by atoms with van der Waals surface area (Å²) in [5, 5.41) is 9.09. The highest BCUT2D eigenvalue weighted by molar-refractivity contribution is 6.00. The quantitative estimate of drug-likeness (QED) is 0.575. The Bertz CT molecular complexity index is 1140. The van der Waals surface area contributed by atoms with Crippen LogP contribution in [0.5, 0.6) is 11.6 Å². The van der Waals surface area contributed by atoms with Gasteiger partial charge in [0.2, 0.25) is 5.88 Å². The number of primary amides is 1. The average molecular weight is 346 g/mol. The first kappa shape index (κ1) is 16.9. The van der Waals surface area contributed by atoms with Gasteiger partial charge < -0.3 is 10.5 Å². The molecule has 0 saturated carbocycles. The summed E-state index contributed by atoms with van der Waals surface area (Å²) >= 11 is 0. The summed E-state index contributed by atoms with van der Waals surface area (Å²) in [7, 11) is 0. The summed E-state index contributed by atoms with van der Waals surface area (Å²) in [6, 6.07) is 13.9. The van der Waals surface area contributed by atoms with Crippen LogP contribution in [0.2, 0.25) is 0 Å². The van der Waals surface area contributed by atoms with Crippen molar-refractivity contribution in [2.24, 2.45) is 5.73 Å². The number of nitriles is 1. The van der Waals surface area contributed by atoms with Crippen molar-refractivity contribution in [3.05, 3.63) is 75.7 Å². The lowest BCUT2D eigenvalue weighted by Crippen LogP contribution is -2.20. The van der Waals surface area contributed by atoms with Crippen LogP contribution in [0.25, 0.3) is 11.7 Å². The van der Waals surface area contributed by atoms with Crippen molar-refractivity contribution in [1.29, 1.82) is 5.26 Å². The summed E-state index contributed by atoms with van der Waals surface area (Å²) < 4.78 is 7.07. The molecule has 26 heavy (non-hydrogen) atoms. The maximum absolute atomic E-state index is 12.8. The van der Waals surface area contributed by atoms with Gasteiger partial charge in [0.15, 0.2) is 0 Å². The minimum absolute atomic E-state index is 0.0131. The Labute approximate surface area is 148 Å². The van der Waals surface area contributed by atoms with Crippen molar-refractivity contribution < 1.29 is 9.53 Å². The molecule has 7 nitrogen and oxygen atoms in total. The van der Waals surface area contributed by atoms with Gasteiger partial charge in [0.25, 0.3) is 11.5 Å². The summed E-state index contributed by atoms with van der Waals surface area (Å²) in [6.07, 6.45) is 2.64. The van der Waals surface area contributed by atoms with Crippen LogP contribution in [-0.4, -0.2) is 15.3 Å². The normalized spacial score (nSPS) is 11.2. The highest BCUT2D eigenvalue weighted by Crippen LogP contribution is 2.24. The van der Waals surface area contributed by atoms with Crippen LogP contribution < -0.4 is 16.0 Å². The predicted octanol–water partition coefficient (Wildman–Crippen LogP) is 2.19. The topological polar surface area (TPSA) is 110 Å². The van der Waals surface area contributed by atoms with E-state index >= 15 is 0 Å². The maximum atomic E-state index is 12.8. The number of carbonyl (C=O) groups is 1. The van der Waals surface area contributed by atoms with E-state index in [0.717, 1.165) is 11.6 Å². The molecular formula is C19H14N4O3. The van der Waals surface area contributed by atoms with Gasteiger partial charge in [0.1, 0.15) is 28.6 Å². The predicted molar refractivity (Wildman–Crippen MR) is 95.5 cm³/mol. The smallest absolute Gasteiger partial charge is 0.269 e. The van der Waals surface area contributed by atoms with E-state index in [1.165, 1.54) is 10.6 Å². The average Bonchev–Trinajstić information content (AvgIpc) is 2.61. The van der Waals surface area contributed by atoms with Crippen molar-refractivity contribution >= 4 is 17.6 Å². The molecule has 2 heterocycles. The zero-order valence-corrected chi connectivity index (χ0v) is 13.8. The number of amides is 1. The number of hydrogen-bond acceptors (Lipinski definition) is 5. The first-order valence-electron chi connectivity index (χ1n) is 7.67. The molecule has 1 amide bonds. The minimum Gasteiger partial charge on any atom is -0.438 e. The fourth-order valence-electron chi connectivity index (χ4n) is 2.38. The van der Waals surface area contributed by atoms with Crippen molar-refractivity contribution in [2.45, 2.75) is 6.92 Å². The SMILES string of the molecule is Cc1cccc(Oc2nc3ccccn3c(=O)c2/C=C(\C#N)C(N)=O)c1. The van der Waals surface area contributed by atoms with Crippen LogP contribution >= 0.6 is 0 Å². The molecule has 0 saturated heterocycles. The summed E-state index contributed by atoms with van der Waals surface area (Å²) in [6.45, 7) is 1.90. The number of fused-ring (bicyclic) bond motifs is 1. The number of ether oxygens (including phenoxy) is 1. The lowest BCUT2D eigenvalue weighted by molar-refractivity contribution is -0.114. The monoisotopic (exact) mass is 346 g/mol. The van der Waals surface area contributed by atoms with Crippen molar-refractivity contribution in [1.82, 2.24) is 9.38 Å². The van der Waals surface area contributed by atoms with Crippen LogP contribution in [0.4, 0.5) is 0 Å². The maximum Gasteiger partial charge on any atom is 0.269 e. The third-order valence-electron chi connectivity index (χ3n) is 3.61. The number of nitrogens with zero attached hydrogens (tertiary/aromatic N) is 3. The number of benzene rings is 1. The third-order valence-corrected chi connectivity index (χ3v) is 3.61. The van der Waals surface area contributed by atoms with Gasteiger partial charge in [-0.05, 0) is 42.8 Å². The highest BCUT2D eigenvalue weighted by Gasteiger charge is 2.16. The standard InChI is InChI=1S/C19H14N4O3/c1-12-5-4-6-14(9-12)26-18-15(10-13(11-20)17(21)24)19(25)23-8-3-2-7-16(23)22-18/h2-10H,1H3,(H2,21,24)/b13-10+. The summed E-state index contributed by atoms with van der Waals surface area (Å²) in [5.74, 6) is -0.475. The molecule has 0 unspecified atom stereocenters. The highest BCUT2D eigenvalue weighted by atomic mass is 16.5. The van der Waals surface area contributed by atoms with Gasteiger partial charge in [-0.3, -0.25) is 14.0 Å². The van der Waals surface area contributed by atoms with Gasteiger partial charge >= 0.3 is 0 Å². The molecule has 0 bridgehead atoms. The Kier molecular flexibility index (Phi) is 4.50. The first-order chi connectivity index (χ1) is 12.5. The van der Waals surface area contributed by atoms with Gasteiger partial charge in [-0.25, -0.2) is 0 Å². The van der Waals surface area contributed by atoms with Gasteiger partial charge in [0.05, 0.1) is 0 Å². The number of pyridine rings is 1. The molecule has 2 aromatic heterocycles. The van der Waals surface area contributed by atoms with Crippen LogP contribution in [-0.2, 0) is 4.79 Å². The van der Waals surface area contributed by atoms with Crippen molar-refractivity contribution in [2.75, 3.05) is 0 Å². The van der Waals surface area contributed by atoms with E-state index in [0.29, 0.717) is 11.4 Å². The lowest BCUT2D eigenvalue weighted by atomic mass is 10.2. The molecule has 0 aliphatic heterocycles. The van der Waals surface area contributed by atoms with E-state index in [4.69, 9.17) is 15.7 Å². The summed E-state index contributed by atoms with van der Waals surface area (Å²) in [5.41, 5.74) is 5.63. The molecular weight excluding hydrogens is 332 g/mol. The molecule has 7 heteroatoms. The molecule has 1 aromatic carbocycles. The van der Waals surface area contributed by atoms with Gasteiger partial charge in [-0.15, -0.1) is 0 Å². The molecule has 0 aliphatic rings. The van der Waals surface area contributed by atoms with E-state index in [-0.39, 0.29) is 17.0 Å². The Morgan fingerprint density at radius 1 is 1.31 bits per heavy atom. The Morgan fingerprint density at radius 2 is 2.12 bits per heavy atom. The van der Waals surface area contributed by atoms with Crippen LogP contribution in [0.1, 0.15) is 11.1 Å². The fraction of sp³-hybridized carbons (Fsp3) is 0.0526. The van der Waals surface area contributed by atoms with Gasteiger partial charge in [-0.1, -0.05) is 18.2 Å². The van der Waals surface area contributed by atoms with Crippen LogP contribution in [0.15, 0.2) is 59.0 Å². The van der Waals surface area contributed by atoms with Crippen LogP contribution in [0.3, 0.4) is 0 Å². The number of hydrogen-bond donors (Lipinski definition) is 1. The molecule has 128 valence electrons. The number of nitrogens with two attached hydrogens (primary N) is 1. The van der Waals surface area contributed by atoms with Crippen molar-refractivity contribution in [3.63, 3.8) is 0 Å². The number of carbonyl (C=O) groups excluding carboxylic acids is 1. The lowest BCUT2D eigenvalue weighted by Gasteiger charge is -2.10. The van der Waals surface area contributed by atoms with Gasteiger partial charge in [0, 0.05) is 6.20 Å².